The molecule has 2 aliphatic rings. The summed E-state index contributed by atoms with van der Waals surface area (Å²) in [5.41, 5.74) is 1.56. The number of aromatic nitrogens is 2. The molecule has 5 rings (SSSR count). The van der Waals surface area contributed by atoms with E-state index in [0.29, 0.717) is 41.1 Å². The molecule has 0 amide bonds. The van der Waals surface area contributed by atoms with Crippen molar-refractivity contribution in [3.8, 4) is 11.6 Å². The van der Waals surface area contributed by atoms with E-state index < -0.39 is 10.0 Å². The van der Waals surface area contributed by atoms with E-state index in [0.717, 1.165) is 31.6 Å². The molecule has 3 aromatic rings. The Balaban J connectivity index is 1.51. The molecule has 1 saturated heterocycles. The zero-order valence-electron chi connectivity index (χ0n) is 18.2. The summed E-state index contributed by atoms with van der Waals surface area (Å²) in [5.74, 6) is 1.73. The van der Waals surface area contributed by atoms with Crippen molar-refractivity contribution in [2.75, 3.05) is 24.5 Å². The van der Waals surface area contributed by atoms with Crippen molar-refractivity contribution in [2.45, 2.75) is 37.1 Å². The van der Waals surface area contributed by atoms with Crippen molar-refractivity contribution >= 4 is 27.6 Å². The highest BCUT2D eigenvalue weighted by Crippen LogP contribution is 2.34. The Morgan fingerprint density at radius 2 is 1.61 bits per heavy atom. The molecule has 0 aliphatic carbocycles. The van der Waals surface area contributed by atoms with Crippen molar-refractivity contribution in [1.82, 2.24) is 14.3 Å². The SMILES string of the molecule is O=S(=O)(c1ccc(Cl)cc1)N1CCc2nc(N3CCCCC3)nc(Oc3ccccc3)c2C1. The number of rotatable bonds is 5. The van der Waals surface area contributed by atoms with E-state index in [1.54, 1.807) is 12.1 Å². The van der Waals surface area contributed by atoms with Gasteiger partial charge in [0, 0.05) is 37.6 Å². The quantitative estimate of drug-likeness (QED) is 0.524. The van der Waals surface area contributed by atoms with E-state index in [4.69, 9.17) is 26.3 Å². The van der Waals surface area contributed by atoms with Crippen molar-refractivity contribution in [1.29, 1.82) is 0 Å². The van der Waals surface area contributed by atoms with Crippen molar-refractivity contribution < 1.29 is 13.2 Å². The Bertz CT molecular complexity index is 1230. The molecule has 1 aromatic heterocycles. The summed E-state index contributed by atoms with van der Waals surface area (Å²) in [7, 11) is -3.69. The fraction of sp³-hybridized carbons (Fsp3) is 0.333. The second-order valence-corrected chi connectivity index (χ2v) is 10.6. The van der Waals surface area contributed by atoms with Crippen LogP contribution < -0.4 is 9.64 Å². The Morgan fingerprint density at radius 1 is 0.879 bits per heavy atom. The largest absolute Gasteiger partial charge is 0.439 e. The lowest BCUT2D eigenvalue weighted by Gasteiger charge is -2.31. The maximum atomic E-state index is 13.3. The highest BCUT2D eigenvalue weighted by Gasteiger charge is 2.32. The fourth-order valence-electron chi connectivity index (χ4n) is 4.23. The minimum absolute atomic E-state index is 0.155. The van der Waals surface area contributed by atoms with Crippen LogP contribution in [-0.2, 0) is 23.0 Å². The van der Waals surface area contributed by atoms with Gasteiger partial charge in [0.05, 0.1) is 16.2 Å². The van der Waals surface area contributed by atoms with E-state index in [2.05, 4.69) is 4.90 Å². The van der Waals surface area contributed by atoms with E-state index in [1.165, 1.54) is 22.9 Å². The molecule has 0 bridgehead atoms. The smallest absolute Gasteiger partial charge is 0.243 e. The second-order valence-electron chi connectivity index (χ2n) is 8.26. The molecule has 9 heteroatoms. The molecule has 0 radical (unpaired) electrons. The molecule has 1 fully saturated rings. The summed E-state index contributed by atoms with van der Waals surface area (Å²) in [6, 6.07) is 15.7. The van der Waals surface area contributed by atoms with Gasteiger partial charge in [-0.1, -0.05) is 29.8 Å². The molecule has 172 valence electrons. The van der Waals surface area contributed by atoms with Crippen LogP contribution in [0.1, 0.15) is 30.5 Å². The molecule has 7 nitrogen and oxygen atoms in total. The zero-order chi connectivity index (χ0) is 22.8. The van der Waals surface area contributed by atoms with E-state index in [-0.39, 0.29) is 11.4 Å². The van der Waals surface area contributed by atoms with Gasteiger partial charge in [-0.3, -0.25) is 0 Å². The molecule has 0 saturated carbocycles. The number of hydrogen-bond acceptors (Lipinski definition) is 6. The summed E-state index contributed by atoms with van der Waals surface area (Å²) in [5, 5.41) is 0.495. The number of hydrogen-bond donors (Lipinski definition) is 0. The lowest BCUT2D eigenvalue weighted by Crippen LogP contribution is -2.37. The molecule has 0 N–H and O–H groups in total. The topological polar surface area (TPSA) is 75.6 Å². The van der Waals surface area contributed by atoms with Gasteiger partial charge in [-0.05, 0) is 55.7 Å². The van der Waals surface area contributed by atoms with Gasteiger partial charge in [-0.15, -0.1) is 0 Å². The number of ether oxygens (including phenoxy) is 1. The summed E-state index contributed by atoms with van der Waals surface area (Å²) >= 11 is 5.95. The maximum absolute atomic E-state index is 13.3. The summed E-state index contributed by atoms with van der Waals surface area (Å²) in [6.07, 6.45) is 3.94. The standard InChI is InChI=1S/C24H25ClN4O3S/c25-18-9-11-20(12-10-18)33(30,31)29-16-13-22-21(17-29)23(32-19-7-3-1-4-8-19)27-24(26-22)28-14-5-2-6-15-28/h1,3-4,7-12H,2,5-6,13-17H2. The summed E-state index contributed by atoms with van der Waals surface area (Å²) in [4.78, 5) is 12.0. The van der Waals surface area contributed by atoms with Gasteiger partial charge in [-0.2, -0.15) is 9.29 Å². The average Bonchev–Trinajstić information content (AvgIpc) is 2.85. The number of anilines is 1. The third-order valence-corrected chi connectivity index (χ3v) is 8.13. The molecular weight excluding hydrogens is 460 g/mol. The van der Waals surface area contributed by atoms with Crippen LogP contribution in [0.3, 0.4) is 0 Å². The minimum Gasteiger partial charge on any atom is -0.439 e. The first kappa shape index (κ1) is 22.1. The van der Waals surface area contributed by atoms with E-state index in [9.17, 15) is 8.42 Å². The number of benzene rings is 2. The first-order valence-electron chi connectivity index (χ1n) is 11.1. The predicted molar refractivity (Wildman–Crippen MR) is 127 cm³/mol. The number of piperidine rings is 1. The molecule has 2 aliphatic heterocycles. The lowest BCUT2D eigenvalue weighted by atomic mass is 10.1. The summed E-state index contributed by atoms with van der Waals surface area (Å²) in [6.45, 7) is 2.34. The van der Waals surface area contributed by atoms with Crippen molar-refractivity contribution in [3.05, 3.63) is 70.9 Å². The lowest BCUT2D eigenvalue weighted by molar-refractivity contribution is 0.369. The molecule has 33 heavy (non-hydrogen) atoms. The molecule has 3 heterocycles. The van der Waals surface area contributed by atoms with Gasteiger partial charge in [0.25, 0.3) is 0 Å². The van der Waals surface area contributed by atoms with Crippen LogP contribution in [0.15, 0.2) is 59.5 Å². The normalized spacial score (nSPS) is 16.9. The molecule has 0 atom stereocenters. The maximum Gasteiger partial charge on any atom is 0.243 e. The average molecular weight is 485 g/mol. The highest BCUT2D eigenvalue weighted by molar-refractivity contribution is 7.89. The third-order valence-electron chi connectivity index (χ3n) is 6.02. The second kappa shape index (κ2) is 9.29. The van der Waals surface area contributed by atoms with Crippen LogP contribution >= 0.6 is 11.6 Å². The van der Waals surface area contributed by atoms with Gasteiger partial charge in [0.1, 0.15) is 5.75 Å². The summed E-state index contributed by atoms with van der Waals surface area (Å²) < 4.78 is 34.2. The Morgan fingerprint density at radius 3 is 2.33 bits per heavy atom. The van der Waals surface area contributed by atoms with Crippen LogP contribution in [0.5, 0.6) is 11.6 Å². The Labute approximate surface area is 199 Å². The third kappa shape index (κ3) is 4.69. The van der Waals surface area contributed by atoms with Gasteiger partial charge in [0.2, 0.25) is 21.9 Å². The zero-order valence-corrected chi connectivity index (χ0v) is 19.7. The predicted octanol–water partition coefficient (Wildman–Crippen LogP) is 4.66. The van der Waals surface area contributed by atoms with Gasteiger partial charge in [0.15, 0.2) is 0 Å². The van der Waals surface area contributed by atoms with Crippen molar-refractivity contribution in [2.24, 2.45) is 0 Å². The molecular formula is C24H25ClN4O3S. The number of fused-ring (bicyclic) bond motifs is 1. The molecule has 2 aromatic carbocycles. The number of sulfonamides is 1. The minimum atomic E-state index is -3.69. The molecule has 0 unspecified atom stereocenters. The Hall–Kier alpha value is -2.68. The Kier molecular flexibility index (Phi) is 6.23. The van der Waals surface area contributed by atoms with Crippen LogP contribution in [0.25, 0.3) is 0 Å². The monoisotopic (exact) mass is 484 g/mol. The van der Waals surface area contributed by atoms with Crippen LogP contribution in [0, 0.1) is 0 Å². The van der Waals surface area contributed by atoms with Crippen LogP contribution in [-0.4, -0.2) is 42.3 Å². The highest BCUT2D eigenvalue weighted by atomic mass is 35.5. The number of para-hydroxylation sites is 1. The molecule has 0 spiro atoms. The van der Waals surface area contributed by atoms with Crippen molar-refractivity contribution in [3.63, 3.8) is 0 Å². The van der Waals surface area contributed by atoms with E-state index >= 15 is 0 Å². The first-order valence-corrected chi connectivity index (χ1v) is 13.0. The van der Waals surface area contributed by atoms with Gasteiger partial charge in [-0.25, -0.2) is 13.4 Å². The first-order chi connectivity index (χ1) is 16.0. The number of nitrogens with zero attached hydrogens (tertiary/aromatic N) is 4. The van der Waals surface area contributed by atoms with Gasteiger partial charge < -0.3 is 9.64 Å². The van der Waals surface area contributed by atoms with Crippen LogP contribution in [0.2, 0.25) is 5.02 Å². The van der Waals surface area contributed by atoms with E-state index in [1.807, 2.05) is 30.3 Å². The van der Waals surface area contributed by atoms with Gasteiger partial charge >= 0.3 is 0 Å². The fourth-order valence-corrected chi connectivity index (χ4v) is 5.76. The number of halogens is 1. The van der Waals surface area contributed by atoms with Crippen LogP contribution in [0.4, 0.5) is 5.95 Å².